The fourth-order valence-electron chi connectivity index (χ4n) is 7.39. The number of amides is 5. The van der Waals surface area contributed by atoms with E-state index in [0.717, 1.165) is 41.1 Å². The monoisotopic (exact) mass is 776 g/mol. The highest BCUT2D eigenvalue weighted by atomic mass is 32.2. The van der Waals surface area contributed by atoms with Crippen molar-refractivity contribution in [1.82, 2.24) is 34.1 Å². The molecule has 2 aliphatic heterocycles. The smallest absolute Gasteiger partial charge is 0.319 e. The van der Waals surface area contributed by atoms with Crippen LogP contribution >= 0.6 is 0 Å². The second-order valence-corrected chi connectivity index (χ2v) is 17.1. The molecule has 5 amide bonds. The van der Waals surface area contributed by atoms with Crippen LogP contribution in [0.15, 0.2) is 60.7 Å². The van der Waals surface area contributed by atoms with Crippen LogP contribution in [0.2, 0.25) is 0 Å². The van der Waals surface area contributed by atoms with E-state index in [9.17, 15) is 27.6 Å². The Morgan fingerprint density at radius 2 is 1.84 bits per heavy atom. The van der Waals surface area contributed by atoms with Crippen molar-refractivity contribution >= 4 is 50.7 Å². The van der Waals surface area contributed by atoms with Gasteiger partial charge in [-0.15, -0.1) is 0 Å². The van der Waals surface area contributed by atoms with E-state index in [1.54, 1.807) is 6.07 Å². The molecule has 2 aromatic carbocycles. The molecule has 3 heterocycles. The van der Waals surface area contributed by atoms with Gasteiger partial charge in [-0.2, -0.15) is 17.7 Å². The van der Waals surface area contributed by atoms with E-state index in [4.69, 9.17) is 9.72 Å². The van der Waals surface area contributed by atoms with Gasteiger partial charge in [0.05, 0.1) is 17.7 Å². The lowest BCUT2D eigenvalue weighted by Gasteiger charge is -2.28. The van der Waals surface area contributed by atoms with Gasteiger partial charge in [0, 0.05) is 44.9 Å². The second kappa shape index (κ2) is 16.4. The fourth-order valence-corrected chi connectivity index (χ4v) is 7.99. The summed E-state index contributed by atoms with van der Waals surface area (Å²) < 4.78 is 36.8. The number of para-hydroxylation sites is 1. The molecule has 3 aromatic rings. The number of imidazole rings is 1. The molecular weight excluding hydrogens is 725 g/mol. The summed E-state index contributed by atoms with van der Waals surface area (Å²) in [5.41, 5.74) is 1.21. The molecule has 1 aliphatic carbocycles. The molecule has 0 bridgehead atoms. The molecule has 6 rings (SSSR count). The summed E-state index contributed by atoms with van der Waals surface area (Å²) in [6, 6.07) is 13.9. The number of rotatable bonds is 9. The number of hydrogen-bond acceptors (Lipinski definition) is 8. The summed E-state index contributed by atoms with van der Waals surface area (Å²) in [6.07, 6.45) is 7.66. The number of nitrogens with zero attached hydrogens (tertiary/aromatic N) is 4. The van der Waals surface area contributed by atoms with Gasteiger partial charge in [0.1, 0.15) is 23.2 Å². The van der Waals surface area contributed by atoms with E-state index in [0.29, 0.717) is 24.2 Å². The predicted octanol–water partition coefficient (Wildman–Crippen LogP) is 4.24. The van der Waals surface area contributed by atoms with Crippen molar-refractivity contribution in [2.75, 3.05) is 26.0 Å². The van der Waals surface area contributed by atoms with Crippen LogP contribution in [-0.2, 0) is 31.1 Å². The Balaban J connectivity index is 1.26. The number of hydrogen-bond donors (Lipinski definition) is 4. The zero-order valence-corrected chi connectivity index (χ0v) is 32.9. The number of benzene rings is 2. The van der Waals surface area contributed by atoms with Gasteiger partial charge in [0.2, 0.25) is 11.8 Å². The Kier molecular flexibility index (Phi) is 11.9. The number of ether oxygens (including phenoxy) is 1. The van der Waals surface area contributed by atoms with Crippen molar-refractivity contribution in [3.05, 3.63) is 66.2 Å². The highest BCUT2D eigenvalue weighted by Crippen LogP contribution is 2.46. The lowest BCUT2D eigenvalue weighted by atomic mass is 10.0. The summed E-state index contributed by atoms with van der Waals surface area (Å²) >= 11 is 0. The molecule has 1 saturated carbocycles. The van der Waals surface area contributed by atoms with E-state index in [1.807, 2.05) is 80.0 Å². The van der Waals surface area contributed by atoms with Crippen molar-refractivity contribution < 1.29 is 32.3 Å². The van der Waals surface area contributed by atoms with Crippen LogP contribution in [-0.4, -0.2) is 89.3 Å². The van der Waals surface area contributed by atoms with Gasteiger partial charge < -0.3 is 25.6 Å². The summed E-state index contributed by atoms with van der Waals surface area (Å²) in [5, 5.41) is 8.67. The van der Waals surface area contributed by atoms with Gasteiger partial charge in [-0.05, 0) is 57.2 Å². The number of aromatic nitrogens is 2. The van der Waals surface area contributed by atoms with Gasteiger partial charge in [-0.25, -0.2) is 9.52 Å². The predicted molar refractivity (Wildman–Crippen MR) is 208 cm³/mol. The Labute approximate surface area is 322 Å². The molecule has 55 heavy (non-hydrogen) atoms. The molecule has 0 spiro atoms. The van der Waals surface area contributed by atoms with Crippen molar-refractivity contribution in [2.45, 2.75) is 96.0 Å². The van der Waals surface area contributed by atoms with Crippen molar-refractivity contribution in [2.24, 2.45) is 11.8 Å². The van der Waals surface area contributed by atoms with Gasteiger partial charge >= 0.3 is 16.2 Å². The number of allylic oxidation sites excluding steroid dienone is 1. The minimum absolute atomic E-state index is 0.101. The minimum atomic E-state index is -4.13. The molecule has 2 fully saturated rings. The normalized spacial score (nSPS) is 25.3. The van der Waals surface area contributed by atoms with E-state index in [2.05, 4.69) is 20.7 Å². The summed E-state index contributed by atoms with van der Waals surface area (Å²) in [6.45, 7) is 6.29. The van der Waals surface area contributed by atoms with E-state index in [1.165, 1.54) is 19.0 Å². The maximum atomic E-state index is 14.2. The van der Waals surface area contributed by atoms with Crippen LogP contribution in [0.25, 0.3) is 11.0 Å². The third-order valence-electron chi connectivity index (χ3n) is 10.6. The number of anilines is 1. The van der Waals surface area contributed by atoms with Gasteiger partial charge in [0.15, 0.2) is 0 Å². The third-order valence-corrected chi connectivity index (χ3v) is 12.0. The molecule has 16 heteroatoms. The number of fused-ring (bicyclic) bond motifs is 3. The molecule has 4 N–H and O–H groups in total. The molecule has 296 valence electrons. The number of urea groups is 1. The summed E-state index contributed by atoms with van der Waals surface area (Å²) in [5.74, 6) is -2.34. The molecule has 15 nitrogen and oxygen atoms in total. The van der Waals surface area contributed by atoms with Gasteiger partial charge in [0.25, 0.3) is 11.9 Å². The fraction of sp³-hybridized carbons (Fsp3) is 0.513. The van der Waals surface area contributed by atoms with Crippen LogP contribution in [0.4, 0.5) is 10.5 Å². The molecule has 5 atom stereocenters. The zero-order valence-electron chi connectivity index (χ0n) is 32.1. The van der Waals surface area contributed by atoms with Crippen LogP contribution in [0.1, 0.15) is 77.3 Å². The second-order valence-electron chi connectivity index (χ2n) is 15.3. The summed E-state index contributed by atoms with van der Waals surface area (Å²) in [4.78, 5) is 61.2. The maximum absolute atomic E-state index is 14.2. The van der Waals surface area contributed by atoms with E-state index < -0.39 is 51.7 Å². The first-order chi connectivity index (χ1) is 26.2. The Hall–Kier alpha value is -4.96. The first-order valence-corrected chi connectivity index (χ1v) is 20.4. The number of nitrogens with one attached hydrogen (secondary N) is 4. The first kappa shape index (κ1) is 39.7. The van der Waals surface area contributed by atoms with Gasteiger partial charge in [-0.3, -0.25) is 19.0 Å². The van der Waals surface area contributed by atoms with Crippen molar-refractivity contribution in [3.63, 3.8) is 0 Å². The summed E-state index contributed by atoms with van der Waals surface area (Å²) in [7, 11) is -1.51. The molecule has 3 aliphatic rings. The molecule has 1 saturated heterocycles. The van der Waals surface area contributed by atoms with Crippen molar-refractivity contribution in [3.8, 4) is 6.01 Å². The number of carbonyl (C=O) groups excluding carboxylic acids is 4. The Morgan fingerprint density at radius 3 is 2.56 bits per heavy atom. The molecule has 1 aromatic heterocycles. The first-order valence-electron chi connectivity index (χ1n) is 19.0. The van der Waals surface area contributed by atoms with Gasteiger partial charge in [-0.1, -0.05) is 68.3 Å². The average Bonchev–Trinajstić information content (AvgIpc) is 3.46. The molecule has 0 radical (unpaired) electrons. The average molecular weight is 777 g/mol. The third kappa shape index (κ3) is 8.80. The standard InChI is InChI=1S/C39H52N8O7S/c1-25(2)47-31-20-14-19-30(41-37(51)40-23-27-16-11-9-12-17-27)33(31)42-38(47)54-29-21-32-34(48)43-39(36(50)44-55(52,53)45(4)5)22-28(39)18-13-8-6-7-10-15-26(3)35(49)46(32)24-29/h9,11-14,16-20,25-26,28-29,32H,6-8,10,15,21-24H2,1-5H3,(H,43,48)(H,44,50)(H2,40,41,51)/b18-13-/t26-,28-,29+,32-,39+/m0/s1. The SMILES string of the molecule is CC(C)n1c(O[C@@H]2C[C@H]3C(=O)N[C@]4(C(=O)NS(=O)(=O)N(C)C)C[C@@H]4/C=C\CCCCC[C@H](C)C(=O)N3C2)nc2c(NC(=O)NCc3ccccc3)cccc21. The highest BCUT2D eigenvalue weighted by molar-refractivity contribution is 7.87. The van der Waals surface area contributed by atoms with Crippen LogP contribution < -0.4 is 25.4 Å². The molecular formula is C39H52N8O7S. The van der Waals surface area contributed by atoms with Crippen LogP contribution in [0, 0.1) is 11.8 Å². The Bertz CT molecular complexity index is 2050. The van der Waals surface area contributed by atoms with E-state index in [-0.39, 0.29) is 43.3 Å². The zero-order chi connectivity index (χ0) is 39.5. The largest absolute Gasteiger partial charge is 0.459 e. The highest BCUT2D eigenvalue weighted by Gasteiger charge is 2.61. The van der Waals surface area contributed by atoms with Crippen LogP contribution in [0.5, 0.6) is 6.01 Å². The minimum Gasteiger partial charge on any atom is -0.459 e. The lowest BCUT2D eigenvalue weighted by Crippen LogP contribution is -2.57. The van der Waals surface area contributed by atoms with Crippen molar-refractivity contribution in [1.29, 1.82) is 0 Å². The van der Waals surface area contributed by atoms with Crippen LogP contribution in [0.3, 0.4) is 0 Å². The quantitative estimate of drug-likeness (QED) is 0.233. The maximum Gasteiger partial charge on any atom is 0.319 e. The lowest BCUT2D eigenvalue weighted by molar-refractivity contribution is -0.142. The van der Waals surface area contributed by atoms with E-state index >= 15 is 0 Å². The topological polar surface area (TPSA) is 184 Å². The Morgan fingerprint density at radius 1 is 1.07 bits per heavy atom. The molecule has 0 unspecified atom stereocenters. The number of carbonyl (C=O) groups is 4.